The maximum absolute atomic E-state index is 14.3. The fraction of sp³-hybridized carbons (Fsp3) is 0.545. The number of carbonyl (C=O) groups is 1. The lowest BCUT2D eigenvalue weighted by Gasteiger charge is -2.34. The second-order valence-electron chi connectivity index (χ2n) is 8.82. The van der Waals surface area contributed by atoms with Crippen molar-refractivity contribution < 1.29 is 35.5 Å². The third-order valence-corrected chi connectivity index (χ3v) is 6.74. The number of carbonyl (C=O) groups excluding carboxylic acids is 1. The first-order valence-corrected chi connectivity index (χ1v) is 11.4. The minimum atomic E-state index is -4.72. The van der Waals surface area contributed by atoms with E-state index < -0.39 is 29.8 Å². The third-order valence-electron chi connectivity index (χ3n) is 6.50. The summed E-state index contributed by atoms with van der Waals surface area (Å²) in [7, 11) is 0. The van der Waals surface area contributed by atoms with Gasteiger partial charge in [-0.3, -0.25) is 14.4 Å². The van der Waals surface area contributed by atoms with Crippen LogP contribution in [0.4, 0.5) is 30.7 Å². The Morgan fingerprint density at radius 1 is 1.09 bits per heavy atom. The highest BCUT2D eigenvalue weighted by atomic mass is 35.5. The van der Waals surface area contributed by atoms with Crippen LogP contribution in [0.3, 0.4) is 0 Å². The van der Waals surface area contributed by atoms with Crippen molar-refractivity contribution >= 4 is 17.5 Å². The van der Waals surface area contributed by atoms with E-state index in [1.807, 2.05) is 0 Å². The van der Waals surface area contributed by atoms with Gasteiger partial charge in [-0.15, -0.1) is 0 Å². The van der Waals surface area contributed by atoms with Gasteiger partial charge in [-0.1, -0.05) is 17.7 Å². The van der Waals surface area contributed by atoms with Crippen molar-refractivity contribution in [1.82, 2.24) is 19.6 Å². The summed E-state index contributed by atoms with van der Waals surface area (Å²) in [6.07, 6.45) is -9.28. The second-order valence-corrected chi connectivity index (χ2v) is 9.26. The number of amides is 1. The molecule has 192 valence electrons. The Morgan fingerprint density at radius 3 is 2.37 bits per heavy atom. The van der Waals surface area contributed by atoms with Crippen LogP contribution >= 0.6 is 11.6 Å². The van der Waals surface area contributed by atoms with Gasteiger partial charge in [-0.2, -0.15) is 31.4 Å². The van der Waals surface area contributed by atoms with Gasteiger partial charge in [0.15, 0.2) is 5.69 Å². The molecular weight excluding hydrogens is 505 g/mol. The highest BCUT2D eigenvalue weighted by molar-refractivity contribution is 6.30. The molecule has 2 aromatic rings. The van der Waals surface area contributed by atoms with Gasteiger partial charge < -0.3 is 4.90 Å². The first-order valence-electron chi connectivity index (χ1n) is 11.0. The van der Waals surface area contributed by atoms with Gasteiger partial charge in [0.1, 0.15) is 5.82 Å². The number of hydrogen-bond acceptors (Lipinski definition) is 3. The van der Waals surface area contributed by atoms with E-state index in [-0.39, 0.29) is 86.3 Å². The van der Waals surface area contributed by atoms with Crippen molar-refractivity contribution in [3.05, 3.63) is 51.6 Å². The monoisotopic (exact) mass is 526 g/mol. The molecular formula is C22H22ClF7N4O. The Bertz CT molecular complexity index is 1090. The van der Waals surface area contributed by atoms with Crippen molar-refractivity contribution in [1.29, 1.82) is 0 Å². The van der Waals surface area contributed by atoms with Crippen molar-refractivity contribution in [3.8, 4) is 0 Å². The number of piperidine rings is 1. The minimum Gasteiger partial charge on any atom is -0.335 e. The smallest absolute Gasteiger partial charge is 0.335 e. The molecule has 1 saturated heterocycles. The number of fused-ring (bicyclic) bond motifs is 1. The molecule has 0 spiro atoms. The van der Waals surface area contributed by atoms with E-state index in [1.54, 1.807) is 4.90 Å². The van der Waals surface area contributed by atoms with Gasteiger partial charge in [0.2, 0.25) is 5.91 Å². The number of alkyl halides is 6. The lowest BCUT2D eigenvalue weighted by Crippen LogP contribution is -2.46. The van der Waals surface area contributed by atoms with E-state index in [4.69, 9.17) is 11.6 Å². The van der Waals surface area contributed by atoms with Gasteiger partial charge >= 0.3 is 12.4 Å². The summed E-state index contributed by atoms with van der Waals surface area (Å²) in [5.41, 5.74) is -0.864. The predicted octanol–water partition coefficient (Wildman–Crippen LogP) is 4.90. The normalized spacial score (nSPS) is 18.1. The van der Waals surface area contributed by atoms with Crippen LogP contribution in [0.15, 0.2) is 18.2 Å². The summed E-state index contributed by atoms with van der Waals surface area (Å²) in [4.78, 5) is 15.9. The van der Waals surface area contributed by atoms with Crippen LogP contribution in [0, 0.1) is 11.7 Å². The number of benzene rings is 1. The van der Waals surface area contributed by atoms with Crippen LogP contribution < -0.4 is 0 Å². The van der Waals surface area contributed by atoms with E-state index in [0.29, 0.717) is 0 Å². The average Bonchev–Trinajstić information content (AvgIpc) is 3.13. The fourth-order valence-electron chi connectivity index (χ4n) is 4.57. The van der Waals surface area contributed by atoms with Crippen LogP contribution in [-0.4, -0.2) is 57.8 Å². The molecule has 1 aromatic carbocycles. The number of hydrogen-bond donors (Lipinski definition) is 0. The molecule has 4 rings (SSSR count). The number of rotatable bonds is 4. The Hall–Kier alpha value is -2.34. The largest absolute Gasteiger partial charge is 0.435 e. The van der Waals surface area contributed by atoms with E-state index in [2.05, 4.69) is 5.10 Å². The molecule has 0 unspecified atom stereocenters. The summed E-state index contributed by atoms with van der Waals surface area (Å²) >= 11 is 5.75. The van der Waals surface area contributed by atoms with Crippen molar-refractivity contribution in [2.24, 2.45) is 5.92 Å². The molecule has 5 nitrogen and oxygen atoms in total. The van der Waals surface area contributed by atoms with Gasteiger partial charge in [0.25, 0.3) is 0 Å². The lowest BCUT2D eigenvalue weighted by molar-refractivity contribution is -0.185. The second kappa shape index (κ2) is 9.61. The lowest BCUT2D eigenvalue weighted by atomic mass is 9.96. The highest BCUT2D eigenvalue weighted by Gasteiger charge is 2.43. The molecule has 3 heterocycles. The maximum atomic E-state index is 14.3. The molecule has 2 aliphatic heterocycles. The molecule has 0 N–H and O–H groups in total. The van der Waals surface area contributed by atoms with Crippen LogP contribution in [0.25, 0.3) is 0 Å². The van der Waals surface area contributed by atoms with E-state index in [9.17, 15) is 35.5 Å². The Balaban J connectivity index is 1.50. The SMILES string of the molecule is O=C(CN1CCC(C(F)(F)F)CC1)N1CCc2c(C(F)(F)F)nn(Cc3ccc(Cl)cc3F)c2C1. The zero-order valence-electron chi connectivity index (χ0n) is 18.4. The molecule has 2 aliphatic rings. The zero-order chi connectivity index (χ0) is 25.5. The number of nitrogens with zero attached hydrogens (tertiary/aromatic N) is 4. The first-order chi connectivity index (χ1) is 16.3. The number of likely N-dealkylation sites (tertiary alicyclic amines) is 1. The van der Waals surface area contributed by atoms with Crippen LogP contribution in [0.1, 0.15) is 35.4 Å². The summed E-state index contributed by atoms with van der Waals surface area (Å²) in [5, 5.41) is 3.84. The van der Waals surface area contributed by atoms with Gasteiger partial charge in [0, 0.05) is 22.7 Å². The molecule has 0 aliphatic carbocycles. The van der Waals surface area contributed by atoms with Gasteiger partial charge in [0.05, 0.1) is 31.2 Å². The van der Waals surface area contributed by atoms with Crippen LogP contribution in [-0.2, 0) is 30.5 Å². The molecule has 0 saturated carbocycles. The Labute approximate surface area is 201 Å². The van der Waals surface area contributed by atoms with Crippen LogP contribution in [0.5, 0.6) is 0 Å². The summed E-state index contributed by atoms with van der Waals surface area (Å²) < 4.78 is 94.8. The van der Waals surface area contributed by atoms with Crippen LogP contribution in [0.2, 0.25) is 5.02 Å². The van der Waals surface area contributed by atoms with E-state index in [0.717, 1.165) is 10.7 Å². The summed E-state index contributed by atoms with van der Waals surface area (Å²) in [5.74, 6) is -2.48. The van der Waals surface area contributed by atoms with Crippen molar-refractivity contribution in [3.63, 3.8) is 0 Å². The van der Waals surface area contributed by atoms with E-state index >= 15 is 0 Å². The molecule has 1 aromatic heterocycles. The fourth-order valence-corrected chi connectivity index (χ4v) is 4.73. The Morgan fingerprint density at radius 2 is 1.77 bits per heavy atom. The minimum absolute atomic E-state index is 0.0227. The molecule has 1 fully saturated rings. The van der Waals surface area contributed by atoms with Crippen molar-refractivity contribution in [2.45, 2.75) is 44.7 Å². The molecule has 13 heteroatoms. The molecule has 0 bridgehead atoms. The van der Waals surface area contributed by atoms with E-state index in [1.165, 1.54) is 17.0 Å². The summed E-state index contributed by atoms with van der Waals surface area (Å²) in [6, 6.07) is 3.82. The molecule has 0 radical (unpaired) electrons. The molecule has 1 amide bonds. The Kier molecular flexibility index (Phi) is 7.07. The third kappa shape index (κ3) is 5.74. The standard InChI is InChI=1S/C22H22ClF7N4O/c23-15-2-1-13(17(24)9-15)10-34-18-11-33(8-5-16(18)20(31-34)22(28,29)30)19(35)12-32-6-3-14(4-7-32)21(25,26)27/h1-2,9,14H,3-8,10-12H2. The number of halogens is 8. The summed E-state index contributed by atoms with van der Waals surface area (Å²) in [6.45, 7) is -0.317. The number of aromatic nitrogens is 2. The first kappa shape index (κ1) is 25.7. The highest BCUT2D eigenvalue weighted by Crippen LogP contribution is 2.36. The van der Waals surface area contributed by atoms with Crippen molar-refractivity contribution in [2.75, 3.05) is 26.2 Å². The zero-order valence-corrected chi connectivity index (χ0v) is 19.2. The maximum Gasteiger partial charge on any atom is 0.435 e. The van der Waals surface area contributed by atoms with Gasteiger partial charge in [-0.05, 0) is 44.5 Å². The van der Waals surface area contributed by atoms with Gasteiger partial charge in [-0.25, -0.2) is 4.39 Å². The quantitative estimate of drug-likeness (QED) is 0.532. The topological polar surface area (TPSA) is 41.4 Å². The predicted molar refractivity (Wildman–Crippen MR) is 112 cm³/mol. The average molecular weight is 527 g/mol. The molecule has 35 heavy (non-hydrogen) atoms. The molecule has 0 atom stereocenters.